The Bertz CT molecular complexity index is 2620. The van der Waals surface area contributed by atoms with Gasteiger partial charge in [0.05, 0.1) is 46.9 Å². The molecule has 0 saturated carbocycles. The molecule has 5 aromatic heterocycles. The van der Waals surface area contributed by atoms with E-state index in [0.29, 0.717) is 30.4 Å². The zero-order valence-corrected chi connectivity index (χ0v) is 36.4. The van der Waals surface area contributed by atoms with Crippen molar-refractivity contribution in [3.63, 3.8) is 0 Å². The maximum Gasteiger partial charge on any atom is 0.328 e. The molecule has 0 bridgehead atoms. The van der Waals surface area contributed by atoms with Gasteiger partial charge >= 0.3 is 17.8 Å². The van der Waals surface area contributed by atoms with E-state index in [-0.39, 0.29) is 23.3 Å². The number of imide groups is 1. The number of piperidine rings is 1. The number of fused-ring (bicyclic) bond motifs is 1. The molecule has 3 fully saturated rings. The minimum absolute atomic E-state index is 0.0516. The van der Waals surface area contributed by atoms with E-state index in [0.717, 1.165) is 115 Å². The van der Waals surface area contributed by atoms with Gasteiger partial charge in [0.15, 0.2) is 5.82 Å². The van der Waals surface area contributed by atoms with Crippen LogP contribution in [0.2, 0.25) is 0 Å². The molecule has 3 N–H and O–H groups in total. The molecule has 63 heavy (non-hydrogen) atoms. The van der Waals surface area contributed by atoms with Gasteiger partial charge in [0.2, 0.25) is 5.91 Å². The van der Waals surface area contributed by atoms with Crippen molar-refractivity contribution < 1.29 is 18.9 Å². The highest BCUT2D eigenvalue weighted by atomic mass is 16.5. The van der Waals surface area contributed by atoms with Crippen molar-refractivity contribution >= 4 is 46.1 Å². The molecule has 17 heteroatoms. The van der Waals surface area contributed by atoms with Crippen molar-refractivity contribution in [1.29, 1.82) is 0 Å². The molecular weight excluding hydrogens is 799 g/mol. The lowest BCUT2D eigenvalue weighted by Gasteiger charge is -2.39. The Morgan fingerprint density at radius 1 is 0.889 bits per heavy atom. The number of carbonyl (C=O) groups is 3. The summed E-state index contributed by atoms with van der Waals surface area (Å²) in [6.07, 6.45) is 7.83. The van der Waals surface area contributed by atoms with Gasteiger partial charge in [-0.1, -0.05) is 38.1 Å². The molecular formula is C46H53N13O4. The number of hydrogen-bond donors (Lipinski definition) is 3. The van der Waals surface area contributed by atoms with Crippen molar-refractivity contribution in [1.82, 2.24) is 50.6 Å². The van der Waals surface area contributed by atoms with Crippen LogP contribution < -0.4 is 25.3 Å². The number of piperazine rings is 1. The number of hydrogen-bond acceptors (Lipinski definition) is 13. The number of aromatic amines is 1. The summed E-state index contributed by atoms with van der Waals surface area (Å²) < 4.78 is 5.25. The number of rotatable bonds is 10. The molecule has 326 valence electrons. The smallest absolute Gasteiger partial charge is 0.328 e. The van der Waals surface area contributed by atoms with Crippen LogP contribution >= 0.6 is 0 Å². The van der Waals surface area contributed by atoms with Crippen molar-refractivity contribution in [2.75, 3.05) is 67.1 Å². The molecule has 9 rings (SSSR count). The van der Waals surface area contributed by atoms with Gasteiger partial charge in [-0.15, -0.1) is 0 Å². The Morgan fingerprint density at radius 3 is 2.35 bits per heavy atom. The third kappa shape index (κ3) is 8.96. The molecule has 1 aromatic carbocycles. The number of amides is 4. The summed E-state index contributed by atoms with van der Waals surface area (Å²) in [6.45, 7) is 17.1. The number of nitrogens with zero attached hydrogens (tertiary/aromatic N) is 10. The molecule has 3 aliphatic heterocycles. The second-order valence-electron chi connectivity index (χ2n) is 17.9. The Morgan fingerprint density at radius 2 is 1.67 bits per heavy atom. The van der Waals surface area contributed by atoms with E-state index >= 15 is 0 Å². The van der Waals surface area contributed by atoms with E-state index < -0.39 is 11.9 Å². The van der Waals surface area contributed by atoms with Crippen LogP contribution in [0, 0.1) is 12.8 Å². The zero-order valence-electron chi connectivity index (χ0n) is 36.4. The molecule has 3 saturated heterocycles. The first-order valence-corrected chi connectivity index (χ1v) is 21.7. The highest BCUT2D eigenvalue weighted by Gasteiger charge is 2.28. The molecule has 4 amide bonds. The average molecular weight is 852 g/mol. The maximum atomic E-state index is 12.9. The molecule has 0 spiro atoms. The Hall–Kier alpha value is -6.75. The van der Waals surface area contributed by atoms with E-state index in [1.165, 1.54) is 0 Å². The highest BCUT2D eigenvalue weighted by Crippen LogP contribution is 2.33. The van der Waals surface area contributed by atoms with Crippen molar-refractivity contribution in [3.8, 4) is 22.6 Å². The van der Waals surface area contributed by atoms with Crippen molar-refractivity contribution in [2.24, 2.45) is 5.92 Å². The molecule has 0 aliphatic carbocycles. The second kappa shape index (κ2) is 17.2. The van der Waals surface area contributed by atoms with Crippen LogP contribution in [-0.4, -0.2) is 110 Å². The fourth-order valence-electron chi connectivity index (χ4n) is 8.74. The van der Waals surface area contributed by atoms with Gasteiger partial charge in [0.25, 0.3) is 0 Å². The normalized spacial score (nSPS) is 17.3. The summed E-state index contributed by atoms with van der Waals surface area (Å²) in [5, 5.41) is 10.2. The topological polar surface area (TPSA) is 194 Å². The lowest BCUT2D eigenvalue weighted by atomic mass is 9.95. The monoisotopic (exact) mass is 851 g/mol. The van der Waals surface area contributed by atoms with Crippen LogP contribution in [0.5, 0.6) is 0 Å². The second-order valence-corrected chi connectivity index (χ2v) is 17.9. The number of benzene rings is 1. The fourth-order valence-corrected chi connectivity index (χ4v) is 8.74. The predicted molar refractivity (Wildman–Crippen MR) is 240 cm³/mol. The number of carbonyl (C=O) groups excluding carboxylic acids is 3. The Kier molecular flexibility index (Phi) is 11.4. The van der Waals surface area contributed by atoms with Gasteiger partial charge < -0.3 is 24.6 Å². The molecule has 6 aromatic rings. The minimum Gasteiger partial charge on any atom is -0.370 e. The summed E-state index contributed by atoms with van der Waals surface area (Å²) in [5.74, 6) is 1.34. The lowest BCUT2D eigenvalue weighted by Crippen LogP contribution is -2.50. The average Bonchev–Trinajstić information content (AvgIpc) is 3.97. The Balaban J connectivity index is 0.768. The van der Waals surface area contributed by atoms with Crippen molar-refractivity contribution in [2.45, 2.75) is 65.3 Å². The summed E-state index contributed by atoms with van der Waals surface area (Å²) in [4.78, 5) is 72.1. The SMILES string of the molecule is Cc1cc(-c2ncnc3[nH]c(-c4ccc(N5CCC(CN6CCN(c7ccc(N8CCC(=O)NC8=O)cn7)CC6)CC5)cn4)cc23)ccc1[C@@H](C)NC(=O)c1nc(C(C)(C)C)no1. The minimum atomic E-state index is -0.413. The maximum absolute atomic E-state index is 12.9. The number of urea groups is 1. The summed E-state index contributed by atoms with van der Waals surface area (Å²) in [6, 6.07) is 15.6. The molecule has 1 atom stereocenters. The molecule has 0 unspecified atom stereocenters. The number of nitrogens with one attached hydrogen (secondary N) is 3. The van der Waals surface area contributed by atoms with E-state index in [1.54, 1.807) is 17.4 Å². The first kappa shape index (κ1) is 41.6. The third-order valence-corrected chi connectivity index (χ3v) is 12.4. The molecule has 17 nitrogen and oxygen atoms in total. The quantitative estimate of drug-likeness (QED) is 0.144. The number of H-pyrrole nitrogens is 1. The number of aromatic nitrogens is 7. The summed E-state index contributed by atoms with van der Waals surface area (Å²) in [5.41, 5.74) is 7.67. The number of anilines is 3. The van der Waals surface area contributed by atoms with Crippen LogP contribution in [0.1, 0.15) is 80.6 Å². The van der Waals surface area contributed by atoms with Gasteiger partial charge in [-0.3, -0.25) is 29.7 Å². The van der Waals surface area contributed by atoms with Gasteiger partial charge in [-0.25, -0.2) is 19.7 Å². The van der Waals surface area contributed by atoms with Crippen molar-refractivity contribution in [3.05, 3.63) is 90.1 Å². The zero-order chi connectivity index (χ0) is 43.8. The number of pyridine rings is 2. The molecule has 8 heterocycles. The molecule has 3 aliphatic rings. The number of aryl methyl sites for hydroxylation is 1. The van der Waals surface area contributed by atoms with E-state index in [9.17, 15) is 14.4 Å². The van der Waals surface area contributed by atoms with Crippen LogP contribution in [-0.2, 0) is 10.2 Å². The van der Waals surface area contributed by atoms with Gasteiger partial charge in [-0.2, -0.15) is 4.98 Å². The standard InChI is InChI=1S/C46H53N13O4/c1-28-22-31(6-9-34(28)29(2)51-42(61)43-54-44(55-63-43)46(3,4)5)40-35-23-37(52-41(35)50-27-49-40)36-10-7-32(24-47-36)57-15-12-30(13-16-57)26-56-18-20-58(21-19-56)38-11-8-33(25-48-38)59-17-14-39(60)53-45(59)62/h6-11,22-25,27,29-30H,12-21,26H2,1-5H3,(H,51,61)(H,49,50,52)(H,53,60,62)/t29-/m1/s1. The van der Waals surface area contributed by atoms with Crippen LogP contribution in [0.15, 0.2) is 71.8 Å². The summed E-state index contributed by atoms with van der Waals surface area (Å²) >= 11 is 0. The van der Waals surface area contributed by atoms with Crippen LogP contribution in [0.4, 0.5) is 22.0 Å². The van der Waals surface area contributed by atoms with E-state index in [1.807, 2.05) is 65.1 Å². The van der Waals surface area contributed by atoms with E-state index in [4.69, 9.17) is 9.51 Å². The van der Waals surface area contributed by atoms with Crippen LogP contribution in [0.25, 0.3) is 33.7 Å². The first-order valence-electron chi connectivity index (χ1n) is 21.7. The van der Waals surface area contributed by atoms with Crippen LogP contribution in [0.3, 0.4) is 0 Å². The predicted octanol–water partition coefficient (Wildman–Crippen LogP) is 6.05. The Labute approximate surface area is 365 Å². The largest absolute Gasteiger partial charge is 0.370 e. The third-order valence-electron chi connectivity index (χ3n) is 12.4. The van der Waals surface area contributed by atoms with E-state index in [2.05, 4.69) is 79.7 Å². The summed E-state index contributed by atoms with van der Waals surface area (Å²) in [7, 11) is 0. The highest BCUT2D eigenvalue weighted by molar-refractivity contribution is 6.05. The lowest BCUT2D eigenvalue weighted by molar-refractivity contribution is -0.120. The molecule has 0 radical (unpaired) electrons. The van der Waals surface area contributed by atoms with Gasteiger partial charge in [0.1, 0.15) is 17.8 Å². The first-order chi connectivity index (χ1) is 30.4. The fraction of sp³-hybridized carbons (Fsp3) is 0.413. The van der Waals surface area contributed by atoms with Gasteiger partial charge in [0, 0.05) is 75.1 Å². The van der Waals surface area contributed by atoms with Gasteiger partial charge in [-0.05, 0) is 80.1 Å².